The van der Waals surface area contributed by atoms with Gasteiger partial charge in [-0.1, -0.05) is 17.8 Å². The number of nitrogens with one attached hydrogen (secondary N) is 1. The highest BCUT2D eigenvalue weighted by Gasteiger charge is 2.16. The summed E-state index contributed by atoms with van der Waals surface area (Å²) in [5.41, 5.74) is 2.89. The average molecular weight is 426 g/mol. The van der Waals surface area contributed by atoms with Crippen molar-refractivity contribution in [1.82, 2.24) is 25.3 Å². The Morgan fingerprint density at radius 2 is 1.93 bits per heavy atom. The van der Waals surface area contributed by atoms with Crippen LogP contribution in [0.5, 0.6) is 11.5 Å². The van der Waals surface area contributed by atoms with Crippen LogP contribution in [0.15, 0.2) is 41.4 Å². The van der Waals surface area contributed by atoms with E-state index in [0.29, 0.717) is 29.8 Å². The Kier molecular flexibility index (Phi) is 5.89. The number of thioether (sulfide) groups is 1. The Balaban J connectivity index is 1.32. The van der Waals surface area contributed by atoms with Gasteiger partial charge in [0.1, 0.15) is 18.2 Å². The van der Waals surface area contributed by atoms with Gasteiger partial charge in [0.15, 0.2) is 17.3 Å². The fraction of sp³-hybridized carbons (Fsp3) is 0.333. The molecule has 0 saturated heterocycles. The second-order valence-electron chi connectivity index (χ2n) is 7.05. The number of rotatable bonds is 6. The van der Waals surface area contributed by atoms with Gasteiger partial charge in [-0.3, -0.25) is 4.79 Å². The number of fused-ring (bicyclic) bond motifs is 1. The van der Waals surface area contributed by atoms with Crippen LogP contribution < -0.4 is 14.8 Å². The summed E-state index contributed by atoms with van der Waals surface area (Å²) >= 11 is 1.34. The van der Waals surface area contributed by atoms with Crippen LogP contribution in [0.3, 0.4) is 0 Å². The number of carbonyl (C=O) groups is 1. The Labute approximate surface area is 179 Å². The fourth-order valence-corrected chi connectivity index (χ4v) is 3.82. The molecule has 1 N–H and O–H groups in total. The number of nitrogens with zero attached hydrogens (tertiary/aromatic N) is 4. The second-order valence-corrected chi connectivity index (χ2v) is 8.05. The summed E-state index contributed by atoms with van der Waals surface area (Å²) in [5, 5.41) is 16.5. The molecule has 3 heterocycles. The molecule has 8 nitrogen and oxygen atoms in total. The van der Waals surface area contributed by atoms with Crippen LogP contribution in [0, 0.1) is 13.8 Å². The summed E-state index contributed by atoms with van der Waals surface area (Å²) in [6.45, 7) is 6.94. The molecular weight excluding hydrogens is 402 g/mol. The van der Waals surface area contributed by atoms with E-state index in [4.69, 9.17) is 9.47 Å². The summed E-state index contributed by atoms with van der Waals surface area (Å²) in [7, 11) is 0. The summed E-state index contributed by atoms with van der Waals surface area (Å²) in [4.78, 5) is 12.4. The van der Waals surface area contributed by atoms with Gasteiger partial charge >= 0.3 is 0 Å². The van der Waals surface area contributed by atoms with Crippen LogP contribution in [0.2, 0.25) is 0 Å². The lowest BCUT2D eigenvalue weighted by molar-refractivity contribution is -0.119. The lowest BCUT2D eigenvalue weighted by atomic mass is 10.1. The van der Waals surface area contributed by atoms with E-state index in [1.807, 2.05) is 57.2 Å². The maximum Gasteiger partial charge on any atom is 0.230 e. The number of benzene rings is 1. The molecule has 0 radical (unpaired) electrons. The Hall–Kier alpha value is -3.07. The largest absolute Gasteiger partial charge is 0.486 e. The summed E-state index contributed by atoms with van der Waals surface area (Å²) in [6.07, 6.45) is 0. The molecule has 0 fully saturated rings. The zero-order chi connectivity index (χ0) is 21.1. The van der Waals surface area contributed by atoms with Crippen LogP contribution in [0.4, 0.5) is 0 Å². The third-order valence-electron chi connectivity index (χ3n) is 4.65. The van der Waals surface area contributed by atoms with E-state index < -0.39 is 0 Å². The zero-order valence-corrected chi connectivity index (χ0v) is 17.9. The van der Waals surface area contributed by atoms with Crippen molar-refractivity contribution in [3.05, 3.63) is 53.3 Å². The molecule has 9 heteroatoms. The first-order chi connectivity index (χ1) is 14.5. The van der Waals surface area contributed by atoms with E-state index in [2.05, 4.69) is 20.6 Å². The molecule has 30 heavy (non-hydrogen) atoms. The quantitative estimate of drug-likeness (QED) is 0.607. The molecule has 0 aliphatic carbocycles. The van der Waals surface area contributed by atoms with Crippen molar-refractivity contribution >= 4 is 17.7 Å². The van der Waals surface area contributed by atoms with Gasteiger partial charge in [0.2, 0.25) is 5.91 Å². The summed E-state index contributed by atoms with van der Waals surface area (Å²) in [5.74, 6) is 2.28. The van der Waals surface area contributed by atoms with Crippen LogP contribution in [-0.2, 0) is 4.79 Å². The minimum absolute atomic E-state index is 0.0770. The van der Waals surface area contributed by atoms with Gasteiger partial charge in [0.05, 0.1) is 17.5 Å². The van der Waals surface area contributed by atoms with Crippen LogP contribution in [0.1, 0.15) is 29.9 Å². The number of aromatic nitrogens is 4. The number of carbonyl (C=O) groups excluding carboxylic acids is 1. The normalized spacial score (nSPS) is 13.7. The van der Waals surface area contributed by atoms with Gasteiger partial charge in [0.25, 0.3) is 0 Å². The summed E-state index contributed by atoms with van der Waals surface area (Å²) in [6, 6.07) is 11.3. The van der Waals surface area contributed by atoms with Crippen LogP contribution in [0.25, 0.3) is 5.82 Å². The standard InChI is InChI=1S/C21H23N5O3S/c1-13-10-14(2)26(25-13)19-6-7-21(24-23-19)30-12-20(27)22-15(3)16-4-5-17-18(11-16)29-9-8-28-17/h4-7,10-11,15H,8-9,12H2,1-3H3,(H,22,27)/t15-/m1/s1. The molecule has 0 unspecified atom stereocenters. The number of hydrogen-bond acceptors (Lipinski definition) is 7. The number of hydrogen-bond donors (Lipinski definition) is 1. The van der Waals surface area contributed by atoms with Gasteiger partial charge in [-0.25, -0.2) is 4.68 Å². The third-order valence-corrected chi connectivity index (χ3v) is 5.57. The molecule has 1 aromatic carbocycles. The fourth-order valence-electron chi connectivity index (χ4n) is 3.20. The number of ether oxygens (including phenoxy) is 2. The molecule has 4 rings (SSSR count). The minimum Gasteiger partial charge on any atom is -0.486 e. The van der Waals surface area contributed by atoms with Crippen molar-refractivity contribution in [1.29, 1.82) is 0 Å². The monoisotopic (exact) mass is 425 g/mol. The average Bonchev–Trinajstić information content (AvgIpc) is 3.10. The van der Waals surface area contributed by atoms with Crippen molar-refractivity contribution < 1.29 is 14.3 Å². The topological polar surface area (TPSA) is 91.2 Å². The molecule has 1 atom stereocenters. The van der Waals surface area contributed by atoms with E-state index in [9.17, 15) is 4.79 Å². The van der Waals surface area contributed by atoms with E-state index in [0.717, 1.165) is 22.7 Å². The summed E-state index contributed by atoms with van der Waals surface area (Å²) < 4.78 is 12.9. The van der Waals surface area contributed by atoms with Crippen molar-refractivity contribution in [2.24, 2.45) is 0 Å². The first kappa shape index (κ1) is 20.2. The SMILES string of the molecule is Cc1cc(C)n(-c2ccc(SCC(=O)N[C@H](C)c3ccc4c(c3)OCCO4)nn2)n1. The molecule has 1 aliphatic rings. The smallest absolute Gasteiger partial charge is 0.230 e. The highest BCUT2D eigenvalue weighted by Crippen LogP contribution is 2.32. The molecular formula is C21H23N5O3S. The van der Waals surface area contributed by atoms with Crippen molar-refractivity contribution in [2.75, 3.05) is 19.0 Å². The number of aryl methyl sites for hydroxylation is 2. The van der Waals surface area contributed by atoms with E-state index in [1.165, 1.54) is 11.8 Å². The predicted molar refractivity (Wildman–Crippen MR) is 113 cm³/mol. The first-order valence-electron chi connectivity index (χ1n) is 9.68. The van der Waals surface area contributed by atoms with Crippen molar-refractivity contribution in [2.45, 2.75) is 31.8 Å². The molecule has 0 bridgehead atoms. The maximum atomic E-state index is 12.4. The Morgan fingerprint density at radius 3 is 2.63 bits per heavy atom. The van der Waals surface area contributed by atoms with Gasteiger partial charge < -0.3 is 14.8 Å². The lowest BCUT2D eigenvalue weighted by Crippen LogP contribution is -2.28. The van der Waals surface area contributed by atoms with Crippen molar-refractivity contribution in [3.63, 3.8) is 0 Å². The van der Waals surface area contributed by atoms with E-state index in [1.54, 1.807) is 4.68 Å². The van der Waals surface area contributed by atoms with Crippen LogP contribution >= 0.6 is 11.8 Å². The maximum absolute atomic E-state index is 12.4. The number of amides is 1. The molecule has 0 spiro atoms. The lowest BCUT2D eigenvalue weighted by Gasteiger charge is -2.21. The molecule has 1 aliphatic heterocycles. The third kappa shape index (κ3) is 4.56. The molecule has 0 saturated carbocycles. The molecule has 2 aromatic heterocycles. The second kappa shape index (κ2) is 8.74. The molecule has 3 aromatic rings. The first-order valence-corrected chi connectivity index (χ1v) is 10.7. The van der Waals surface area contributed by atoms with Gasteiger partial charge in [-0.05, 0) is 56.7 Å². The highest BCUT2D eigenvalue weighted by molar-refractivity contribution is 7.99. The van der Waals surface area contributed by atoms with Gasteiger partial charge in [-0.15, -0.1) is 10.2 Å². The van der Waals surface area contributed by atoms with Gasteiger partial charge in [-0.2, -0.15) is 5.10 Å². The van der Waals surface area contributed by atoms with E-state index >= 15 is 0 Å². The van der Waals surface area contributed by atoms with Gasteiger partial charge in [0, 0.05) is 5.69 Å². The Bertz CT molecular complexity index is 1050. The zero-order valence-electron chi connectivity index (χ0n) is 17.1. The van der Waals surface area contributed by atoms with Crippen molar-refractivity contribution in [3.8, 4) is 17.3 Å². The molecule has 156 valence electrons. The Morgan fingerprint density at radius 1 is 1.13 bits per heavy atom. The highest BCUT2D eigenvalue weighted by atomic mass is 32.2. The molecule has 1 amide bonds. The predicted octanol–water partition coefficient (Wildman–Crippen LogP) is 3.02. The minimum atomic E-state index is -0.145. The van der Waals surface area contributed by atoms with E-state index in [-0.39, 0.29) is 17.7 Å². The van der Waals surface area contributed by atoms with Crippen LogP contribution in [-0.4, -0.2) is 44.9 Å².